The number of amides is 2. The second kappa shape index (κ2) is 6.03. The quantitative estimate of drug-likeness (QED) is 0.711. The van der Waals surface area contributed by atoms with E-state index >= 15 is 0 Å². The van der Waals surface area contributed by atoms with Crippen molar-refractivity contribution in [1.29, 1.82) is 0 Å². The molecule has 3 aromatic rings. The molecule has 22 heavy (non-hydrogen) atoms. The summed E-state index contributed by atoms with van der Waals surface area (Å²) in [5.74, 6) is 0. The van der Waals surface area contributed by atoms with Crippen molar-refractivity contribution >= 4 is 39.9 Å². The molecule has 1 aromatic heterocycles. The summed E-state index contributed by atoms with van der Waals surface area (Å²) in [6.45, 7) is 1.89. The molecule has 2 N–H and O–H groups in total. The number of benzene rings is 2. The van der Waals surface area contributed by atoms with Crippen molar-refractivity contribution in [2.45, 2.75) is 6.92 Å². The molecule has 0 aliphatic heterocycles. The topological polar surface area (TPSA) is 54.0 Å². The molecule has 0 bridgehead atoms. The number of carbonyl (C=O) groups excluding carboxylic acids is 1. The largest absolute Gasteiger partial charge is 0.323 e. The van der Waals surface area contributed by atoms with Crippen LogP contribution in [-0.4, -0.2) is 11.0 Å². The van der Waals surface area contributed by atoms with Crippen LogP contribution in [0.4, 0.5) is 16.2 Å². The van der Waals surface area contributed by atoms with Crippen molar-refractivity contribution in [1.82, 2.24) is 4.98 Å². The molecule has 2 aromatic carbocycles. The van der Waals surface area contributed by atoms with Crippen molar-refractivity contribution in [3.8, 4) is 0 Å². The van der Waals surface area contributed by atoms with E-state index in [0.29, 0.717) is 10.7 Å². The van der Waals surface area contributed by atoms with Crippen molar-refractivity contribution in [3.63, 3.8) is 0 Å². The van der Waals surface area contributed by atoms with Gasteiger partial charge >= 0.3 is 6.03 Å². The van der Waals surface area contributed by atoms with Crippen molar-refractivity contribution < 1.29 is 4.79 Å². The SMILES string of the molecule is Cc1cc(Cl)ccc1NC(=O)Nc1cccc2cccnc12. The molecule has 0 atom stereocenters. The van der Waals surface area contributed by atoms with Gasteiger partial charge in [0.2, 0.25) is 0 Å². The van der Waals surface area contributed by atoms with Crippen LogP contribution in [0.1, 0.15) is 5.56 Å². The Morgan fingerprint density at radius 3 is 2.64 bits per heavy atom. The molecule has 3 rings (SSSR count). The van der Waals surface area contributed by atoms with E-state index in [9.17, 15) is 4.79 Å². The average molecular weight is 312 g/mol. The monoisotopic (exact) mass is 311 g/mol. The number of para-hydroxylation sites is 1. The highest BCUT2D eigenvalue weighted by molar-refractivity contribution is 6.30. The van der Waals surface area contributed by atoms with Gasteiger partial charge in [-0.1, -0.05) is 29.8 Å². The van der Waals surface area contributed by atoms with E-state index in [0.717, 1.165) is 22.2 Å². The van der Waals surface area contributed by atoms with Crippen LogP contribution >= 0.6 is 11.6 Å². The number of halogens is 1. The molecule has 5 heteroatoms. The lowest BCUT2D eigenvalue weighted by atomic mass is 10.2. The van der Waals surface area contributed by atoms with Gasteiger partial charge in [-0.3, -0.25) is 4.98 Å². The first-order chi connectivity index (χ1) is 10.6. The maximum atomic E-state index is 12.2. The van der Waals surface area contributed by atoms with E-state index in [2.05, 4.69) is 15.6 Å². The van der Waals surface area contributed by atoms with Crippen molar-refractivity contribution in [3.05, 3.63) is 65.3 Å². The maximum Gasteiger partial charge on any atom is 0.323 e. The first-order valence-electron chi connectivity index (χ1n) is 6.81. The Labute approximate surface area is 133 Å². The number of aromatic nitrogens is 1. The third-order valence-corrected chi connectivity index (χ3v) is 3.55. The number of rotatable bonds is 2. The van der Waals surface area contributed by atoms with E-state index in [1.807, 2.05) is 37.3 Å². The van der Waals surface area contributed by atoms with Gasteiger partial charge in [0, 0.05) is 22.3 Å². The van der Waals surface area contributed by atoms with Crippen LogP contribution in [0.15, 0.2) is 54.7 Å². The normalized spacial score (nSPS) is 10.5. The summed E-state index contributed by atoms with van der Waals surface area (Å²) in [5.41, 5.74) is 3.05. The molecule has 0 aliphatic rings. The Balaban J connectivity index is 1.81. The Kier molecular flexibility index (Phi) is 3.94. The molecule has 0 fully saturated rings. The Morgan fingerprint density at radius 1 is 1.05 bits per heavy atom. The summed E-state index contributed by atoms with van der Waals surface area (Å²) in [6.07, 6.45) is 1.70. The average Bonchev–Trinajstić information content (AvgIpc) is 2.50. The third kappa shape index (κ3) is 3.02. The molecule has 0 saturated heterocycles. The van der Waals surface area contributed by atoms with Crippen LogP contribution in [0.2, 0.25) is 5.02 Å². The van der Waals surface area contributed by atoms with Gasteiger partial charge in [0.25, 0.3) is 0 Å². The van der Waals surface area contributed by atoms with Crippen LogP contribution in [0.5, 0.6) is 0 Å². The molecule has 4 nitrogen and oxygen atoms in total. The molecule has 110 valence electrons. The molecule has 0 saturated carbocycles. The number of carbonyl (C=O) groups is 1. The predicted molar refractivity (Wildman–Crippen MR) is 90.6 cm³/mol. The number of pyridine rings is 1. The van der Waals surface area contributed by atoms with Gasteiger partial charge in [-0.25, -0.2) is 4.79 Å². The number of fused-ring (bicyclic) bond motifs is 1. The van der Waals surface area contributed by atoms with Crippen molar-refractivity contribution in [2.24, 2.45) is 0 Å². The number of nitrogens with one attached hydrogen (secondary N) is 2. The van der Waals surface area contributed by atoms with E-state index in [1.54, 1.807) is 24.4 Å². The van der Waals surface area contributed by atoms with E-state index < -0.39 is 0 Å². The number of urea groups is 1. The molecule has 0 spiro atoms. The van der Waals surface area contributed by atoms with Crippen molar-refractivity contribution in [2.75, 3.05) is 10.6 Å². The molecular formula is C17H14ClN3O. The second-order valence-electron chi connectivity index (χ2n) is 4.92. The highest BCUT2D eigenvalue weighted by atomic mass is 35.5. The molecule has 0 aliphatic carbocycles. The lowest BCUT2D eigenvalue weighted by Crippen LogP contribution is -2.20. The number of hydrogen-bond acceptors (Lipinski definition) is 2. The molecule has 1 heterocycles. The standard InChI is InChI=1S/C17H14ClN3O/c1-11-10-13(18)7-8-14(11)20-17(22)21-15-6-2-4-12-5-3-9-19-16(12)15/h2-10H,1H3,(H2,20,21,22). The van der Waals surface area contributed by atoms with Gasteiger partial charge < -0.3 is 10.6 Å². The number of aryl methyl sites for hydroxylation is 1. The summed E-state index contributed by atoms with van der Waals surface area (Å²) in [7, 11) is 0. The van der Waals surface area contributed by atoms with Gasteiger partial charge in [-0.15, -0.1) is 0 Å². The zero-order chi connectivity index (χ0) is 15.5. The van der Waals surface area contributed by atoms with Crippen LogP contribution in [0.25, 0.3) is 10.9 Å². The summed E-state index contributed by atoms with van der Waals surface area (Å²) in [6, 6.07) is 14.5. The highest BCUT2D eigenvalue weighted by Crippen LogP contribution is 2.22. The van der Waals surface area contributed by atoms with Gasteiger partial charge in [0.15, 0.2) is 0 Å². The van der Waals surface area contributed by atoms with Gasteiger partial charge in [-0.2, -0.15) is 0 Å². The van der Waals surface area contributed by atoms with Gasteiger partial charge in [0.05, 0.1) is 11.2 Å². The Morgan fingerprint density at radius 2 is 1.82 bits per heavy atom. The molecule has 0 unspecified atom stereocenters. The Hall–Kier alpha value is -2.59. The minimum absolute atomic E-state index is 0.316. The van der Waals surface area contributed by atoms with Crippen LogP contribution in [0.3, 0.4) is 0 Å². The van der Waals surface area contributed by atoms with E-state index in [1.165, 1.54) is 0 Å². The minimum atomic E-state index is -0.316. The fourth-order valence-electron chi connectivity index (χ4n) is 2.25. The predicted octanol–water partition coefficient (Wildman–Crippen LogP) is 4.84. The lowest BCUT2D eigenvalue weighted by Gasteiger charge is -2.11. The first kappa shape index (κ1) is 14.4. The molecule has 2 amide bonds. The summed E-state index contributed by atoms with van der Waals surface area (Å²) in [4.78, 5) is 16.5. The maximum absolute atomic E-state index is 12.2. The summed E-state index contributed by atoms with van der Waals surface area (Å²) < 4.78 is 0. The number of hydrogen-bond donors (Lipinski definition) is 2. The van der Waals surface area contributed by atoms with Crippen LogP contribution < -0.4 is 10.6 Å². The third-order valence-electron chi connectivity index (χ3n) is 3.32. The number of nitrogens with zero attached hydrogens (tertiary/aromatic N) is 1. The van der Waals surface area contributed by atoms with Crippen LogP contribution in [-0.2, 0) is 0 Å². The highest BCUT2D eigenvalue weighted by Gasteiger charge is 2.08. The van der Waals surface area contributed by atoms with E-state index in [4.69, 9.17) is 11.6 Å². The lowest BCUT2D eigenvalue weighted by molar-refractivity contribution is 0.262. The van der Waals surface area contributed by atoms with Gasteiger partial charge in [0.1, 0.15) is 0 Å². The first-order valence-corrected chi connectivity index (χ1v) is 7.19. The minimum Gasteiger partial charge on any atom is -0.307 e. The fourth-order valence-corrected chi connectivity index (χ4v) is 2.47. The summed E-state index contributed by atoms with van der Waals surface area (Å²) in [5, 5.41) is 7.26. The van der Waals surface area contributed by atoms with E-state index in [-0.39, 0.29) is 6.03 Å². The fraction of sp³-hybridized carbons (Fsp3) is 0.0588. The Bertz CT molecular complexity index is 843. The molecular weight excluding hydrogens is 298 g/mol. The zero-order valence-electron chi connectivity index (χ0n) is 11.9. The number of anilines is 2. The smallest absolute Gasteiger partial charge is 0.307 e. The second-order valence-corrected chi connectivity index (χ2v) is 5.36. The zero-order valence-corrected chi connectivity index (χ0v) is 12.7. The van der Waals surface area contributed by atoms with Gasteiger partial charge in [-0.05, 0) is 42.8 Å². The molecule has 0 radical (unpaired) electrons. The van der Waals surface area contributed by atoms with Crippen LogP contribution in [0, 0.1) is 6.92 Å². The summed E-state index contributed by atoms with van der Waals surface area (Å²) >= 11 is 5.91.